The number of hydrogen-bond acceptors (Lipinski definition) is 6. The Hall–Kier alpha value is -2.15. The smallest absolute Gasteiger partial charge is 0.292 e. The standard InChI is InChI=1S/C14H16N4O2S/c1-2-5-16-12-4-3-11(8-13(12)18(19)20)10-21-14-9-15-6-7-17-14/h3-4,6-9,16H,2,5,10H2,1H3. The van der Waals surface area contributed by atoms with Crippen LogP contribution in [0.5, 0.6) is 0 Å². The van der Waals surface area contributed by atoms with Gasteiger partial charge in [0.2, 0.25) is 0 Å². The molecular formula is C14H16N4O2S. The molecule has 0 saturated carbocycles. The normalized spacial score (nSPS) is 10.3. The summed E-state index contributed by atoms with van der Waals surface area (Å²) >= 11 is 1.50. The molecule has 110 valence electrons. The first-order valence-electron chi connectivity index (χ1n) is 6.60. The van der Waals surface area contributed by atoms with Crippen LogP contribution in [0.25, 0.3) is 0 Å². The monoisotopic (exact) mass is 304 g/mol. The van der Waals surface area contributed by atoms with Crippen LogP contribution in [0.3, 0.4) is 0 Å². The van der Waals surface area contributed by atoms with Crippen molar-refractivity contribution in [3.63, 3.8) is 0 Å². The van der Waals surface area contributed by atoms with Crippen LogP contribution in [0, 0.1) is 10.1 Å². The Morgan fingerprint density at radius 1 is 1.38 bits per heavy atom. The van der Waals surface area contributed by atoms with Gasteiger partial charge in [0.05, 0.1) is 11.1 Å². The van der Waals surface area contributed by atoms with Gasteiger partial charge in [-0.25, -0.2) is 4.98 Å². The first-order valence-corrected chi connectivity index (χ1v) is 7.59. The molecule has 0 aliphatic rings. The molecule has 6 nitrogen and oxygen atoms in total. The molecule has 21 heavy (non-hydrogen) atoms. The lowest BCUT2D eigenvalue weighted by atomic mass is 10.2. The van der Waals surface area contributed by atoms with Crippen LogP contribution in [-0.2, 0) is 5.75 Å². The minimum Gasteiger partial charge on any atom is -0.380 e. The van der Waals surface area contributed by atoms with E-state index >= 15 is 0 Å². The molecule has 0 amide bonds. The zero-order valence-electron chi connectivity index (χ0n) is 11.7. The number of aromatic nitrogens is 2. The highest BCUT2D eigenvalue weighted by atomic mass is 32.2. The van der Waals surface area contributed by atoms with Gasteiger partial charge in [-0.2, -0.15) is 0 Å². The Balaban J connectivity index is 2.10. The lowest BCUT2D eigenvalue weighted by molar-refractivity contribution is -0.384. The van der Waals surface area contributed by atoms with Gasteiger partial charge in [-0.3, -0.25) is 15.1 Å². The van der Waals surface area contributed by atoms with E-state index in [2.05, 4.69) is 15.3 Å². The maximum Gasteiger partial charge on any atom is 0.292 e. The molecule has 0 unspecified atom stereocenters. The number of rotatable bonds is 7. The largest absolute Gasteiger partial charge is 0.380 e. The number of anilines is 1. The molecule has 1 heterocycles. The second kappa shape index (κ2) is 7.58. The zero-order valence-corrected chi connectivity index (χ0v) is 12.5. The van der Waals surface area contributed by atoms with E-state index in [-0.39, 0.29) is 10.6 Å². The van der Waals surface area contributed by atoms with Crippen LogP contribution in [-0.4, -0.2) is 21.4 Å². The van der Waals surface area contributed by atoms with Crippen molar-refractivity contribution in [2.24, 2.45) is 0 Å². The van der Waals surface area contributed by atoms with Crippen LogP contribution in [0.1, 0.15) is 18.9 Å². The molecule has 1 N–H and O–H groups in total. The quantitative estimate of drug-likeness (QED) is 0.479. The molecule has 1 aromatic carbocycles. The maximum atomic E-state index is 11.1. The third-order valence-corrected chi connectivity index (χ3v) is 3.73. The van der Waals surface area contributed by atoms with Crippen LogP contribution in [0.15, 0.2) is 41.8 Å². The lowest BCUT2D eigenvalue weighted by Gasteiger charge is -2.07. The molecule has 0 bridgehead atoms. The average molecular weight is 304 g/mol. The van der Waals surface area contributed by atoms with E-state index < -0.39 is 0 Å². The van der Waals surface area contributed by atoms with Gasteiger partial charge in [-0.05, 0) is 18.1 Å². The van der Waals surface area contributed by atoms with Crippen molar-refractivity contribution in [3.8, 4) is 0 Å². The van der Waals surface area contributed by atoms with Crippen LogP contribution in [0.2, 0.25) is 0 Å². The number of nitrogens with zero attached hydrogens (tertiary/aromatic N) is 3. The predicted octanol–water partition coefficient (Wildman–Crippen LogP) is 3.50. The van der Waals surface area contributed by atoms with Crippen molar-refractivity contribution in [2.75, 3.05) is 11.9 Å². The Morgan fingerprint density at radius 2 is 2.24 bits per heavy atom. The lowest BCUT2D eigenvalue weighted by Crippen LogP contribution is -2.03. The number of nitrogens with one attached hydrogen (secondary N) is 1. The van der Waals surface area contributed by atoms with Crippen molar-refractivity contribution in [1.29, 1.82) is 0 Å². The van der Waals surface area contributed by atoms with E-state index in [1.165, 1.54) is 11.8 Å². The van der Waals surface area contributed by atoms with Gasteiger partial charge in [0.1, 0.15) is 10.7 Å². The summed E-state index contributed by atoms with van der Waals surface area (Å²) in [6.07, 6.45) is 5.84. The summed E-state index contributed by atoms with van der Waals surface area (Å²) in [4.78, 5) is 18.9. The number of nitro groups is 1. The Morgan fingerprint density at radius 3 is 2.90 bits per heavy atom. The Bertz CT molecular complexity index is 607. The zero-order chi connectivity index (χ0) is 15.1. The molecule has 7 heteroatoms. The number of thioether (sulfide) groups is 1. The van der Waals surface area contributed by atoms with E-state index in [0.717, 1.165) is 17.0 Å². The molecule has 0 aliphatic heterocycles. The van der Waals surface area contributed by atoms with Crippen molar-refractivity contribution in [1.82, 2.24) is 9.97 Å². The van der Waals surface area contributed by atoms with E-state index in [1.54, 1.807) is 30.7 Å². The first-order chi connectivity index (χ1) is 10.2. The van der Waals surface area contributed by atoms with E-state index in [0.29, 0.717) is 18.0 Å². The Kier molecular flexibility index (Phi) is 5.51. The molecule has 2 aromatic rings. The highest BCUT2D eigenvalue weighted by molar-refractivity contribution is 7.98. The average Bonchev–Trinajstić information content (AvgIpc) is 2.52. The molecule has 0 spiro atoms. The minimum atomic E-state index is -0.353. The van der Waals surface area contributed by atoms with Crippen molar-refractivity contribution < 1.29 is 4.92 Å². The molecule has 0 saturated heterocycles. The van der Waals surface area contributed by atoms with E-state index in [9.17, 15) is 10.1 Å². The second-order valence-corrected chi connectivity index (χ2v) is 5.36. The van der Waals surface area contributed by atoms with Gasteiger partial charge in [-0.1, -0.05) is 13.0 Å². The summed E-state index contributed by atoms with van der Waals surface area (Å²) in [5.74, 6) is 0.619. The fourth-order valence-corrected chi connectivity index (χ4v) is 2.51. The summed E-state index contributed by atoms with van der Waals surface area (Å²) in [6.45, 7) is 2.74. The van der Waals surface area contributed by atoms with Crippen molar-refractivity contribution in [2.45, 2.75) is 24.1 Å². The highest BCUT2D eigenvalue weighted by Crippen LogP contribution is 2.28. The van der Waals surface area contributed by atoms with Crippen LogP contribution in [0.4, 0.5) is 11.4 Å². The summed E-state index contributed by atoms with van der Waals surface area (Å²) < 4.78 is 0. The minimum absolute atomic E-state index is 0.112. The topological polar surface area (TPSA) is 81.0 Å². The summed E-state index contributed by atoms with van der Waals surface area (Å²) in [7, 11) is 0. The molecule has 0 atom stereocenters. The van der Waals surface area contributed by atoms with Gasteiger partial charge >= 0.3 is 0 Å². The number of benzene rings is 1. The molecule has 1 aromatic heterocycles. The van der Waals surface area contributed by atoms with Gasteiger partial charge in [0.15, 0.2) is 0 Å². The maximum absolute atomic E-state index is 11.1. The highest BCUT2D eigenvalue weighted by Gasteiger charge is 2.14. The third kappa shape index (κ3) is 4.42. The van der Waals surface area contributed by atoms with Crippen LogP contribution < -0.4 is 5.32 Å². The summed E-state index contributed by atoms with van der Waals surface area (Å²) in [5, 5.41) is 15.0. The van der Waals surface area contributed by atoms with E-state index in [4.69, 9.17) is 0 Å². The first kappa shape index (κ1) is 15.2. The molecule has 0 aliphatic carbocycles. The Labute approximate surface area is 127 Å². The molecular weight excluding hydrogens is 288 g/mol. The number of nitro benzene ring substituents is 1. The third-order valence-electron chi connectivity index (χ3n) is 2.75. The van der Waals surface area contributed by atoms with Gasteiger partial charge in [0.25, 0.3) is 5.69 Å². The van der Waals surface area contributed by atoms with Gasteiger partial charge in [0, 0.05) is 30.8 Å². The van der Waals surface area contributed by atoms with Crippen molar-refractivity contribution >= 4 is 23.1 Å². The predicted molar refractivity (Wildman–Crippen MR) is 83.5 cm³/mol. The van der Waals surface area contributed by atoms with Gasteiger partial charge < -0.3 is 5.32 Å². The molecule has 0 radical (unpaired) electrons. The SMILES string of the molecule is CCCNc1ccc(CSc2cnccn2)cc1[N+](=O)[O-]. The molecule has 0 fully saturated rings. The molecule has 2 rings (SSSR count). The number of hydrogen-bond donors (Lipinski definition) is 1. The van der Waals surface area contributed by atoms with Crippen molar-refractivity contribution in [3.05, 3.63) is 52.5 Å². The fourth-order valence-electron chi connectivity index (χ4n) is 1.74. The van der Waals surface area contributed by atoms with Gasteiger partial charge in [-0.15, -0.1) is 11.8 Å². The van der Waals surface area contributed by atoms with E-state index in [1.807, 2.05) is 13.0 Å². The summed E-state index contributed by atoms with van der Waals surface area (Å²) in [6, 6.07) is 5.27. The second-order valence-electron chi connectivity index (χ2n) is 4.37. The fraction of sp³-hybridized carbons (Fsp3) is 0.286. The summed E-state index contributed by atoms with van der Waals surface area (Å²) in [5.41, 5.74) is 1.57. The van der Waals surface area contributed by atoms with Crippen LogP contribution >= 0.6 is 11.8 Å².